The lowest BCUT2D eigenvalue weighted by Gasteiger charge is -2.02. The highest BCUT2D eigenvalue weighted by molar-refractivity contribution is 6.33. The van der Waals surface area contributed by atoms with Crippen LogP contribution < -0.4 is 5.73 Å². The van der Waals surface area contributed by atoms with Crippen molar-refractivity contribution in [1.29, 1.82) is 0 Å². The Morgan fingerprint density at radius 1 is 1.28 bits per heavy atom. The molecule has 0 spiro atoms. The molecule has 3 aromatic rings. The highest BCUT2D eigenvalue weighted by Crippen LogP contribution is 2.42. The van der Waals surface area contributed by atoms with Crippen LogP contribution in [0, 0.1) is 5.92 Å². The number of alkyl halides is 1. The van der Waals surface area contributed by atoms with Crippen molar-refractivity contribution < 1.29 is 9.13 Å². The number of aromatic nitrogens is 4. The van der Waals surface area contributed by atoms with E-state index in [1.54, 1.807) is 10.8 Å². The van der Waals surface area contributed by atoms with Crippen LogP contribution in [-0.2, 0) is 11.3 Å². The largest absolute Gasteiger partial charge is 0.376 e. The fraction of sp³-hybridized carbons (Fsp3) is 0.235. The molecule has 25 heavy (non-hydrogen) atoms. The van der Waals surface area contributed by atoms with Gasteiger partial charge in [0, 0.05) is 12.1 Å². The van der Waals surface area contributed by atoms with Crippen molar-refractivity contribution in [3.8, 4) is 0 Å². The van der Waals surface area contributed by atoms with Crippen molar-refractivity contribution in [2.45, 2.75) is 12.8 Å². The van der Waals surface area contributed by atoms with Gasteiger partial charge >= 0.3 is 0 Å². The number of anilines is 1. The van der Waals surface area contributed by atoms with Crippen LogP contribution in [0.2, 0.25) is 5.15 Å². The van der Waals surface area contributed by atoms with Crippen molar-refractivity contribution in [3.05, 3.63) is 52.9 Å². The summed E-state index contributed by atoms with van der Waals surface area (Å²) in [6.45, 7) is 0.789. The fourth-order valence-electron chi connectivity index (χ4n) is 2.68. The topological polar surface area (TPSA) is 78.8 Å². The number of nitrogen functional groups attached to an aromatic ring is 1. The zero-order valence-electron chi connectivity index (χ0n) is 13.1. The molecule has 2 N–H and O–H groups in total. The number of nitrogens with two attached hydrogens (primary N) is 1. The van der Waals surface area contributed by atoms with E-state index >= 15 is 0 Å². The minimum atomic E-state index is -1.03. The SMILES string of the molecule is Nc1nc(Cl)c2ncn(/C=C3/[C@@H](F)[C@@H]3COCc3ccccc3)c2n1. The maximum Gasteiger partial charge on any atom is 0.223 e. The number of nitrogens with zero attached hydrogens (tertiary/aromatic N) is 4. The number of hydrogen-bond donors (Lipinski definition) is 1. The number of rotatable bonds is 5. The van der Waals surface area contributed by atoms with E-state index in [9.17, 15) is 4.39 Å². The summed E-state index contributed by atoms with van der Waals surface area (Å²) >= 11 is 5.99. The van der Waals surface area contributed by atoms with Crippen LogP contribution in [-0.4, -0.2) is 32.3 Å². The maximum absolute atomic E-state index is 14.1. The van der Waals surface area contributed by atoms with Crippen molar-refractivity contribution in [3.63, 3.8) is 0 Å². The predicted molar refractivity (Wildman–Crippen MR) is 93.5 cm³/mol. The van der Waals surface area contributed by atoms with E-state index in [0.717, 1.165) is 5.56 Å². The molecular formula is C17H15ClFN5O. The summed E-state index contributed by atoms with van der Waals surface area (Å²) in [7, 11) is 0. The van der Waals surface area contributed by atoms with Gasteiger partial charge in [0.05, 0.1) is 13.2 Å². The zero-order chi connectivity index (χ0) is 17.4. The van der Waals surface area contributed by atoms with Crippen LogP contribution in [0.5, 0.6) is 0 Å². The Morgan fingerprint density at radius 3 is 2.88 bits per heavy atom. The van der Waals surface area contributed by atoms with Gasteiger partial charge in [0.25, 0.3) is 0 Å². The lowest BCUT2D eigenvalue weighted by atomic mass is 10.2. The molecule has 1 fully saturated rings. The summed E-state index contributed by atoms with van der Waals surface area (Å²) in [5.74, 6) is -0.205. The van der Waals surface area contributed by atoms with Gasteiger partial charge < -0.3 is 10.5 Å². The number of halogens is 2. The molecule has 8 heteroatoms. The molecule has 0 saturated heterocycles. The standard InChI is InChI=1S/C17H15ClFN5O/c18-15-14-16(23-17(20)22-15)24(9-21-14)6-11-12(13(11)19)8-25-7-10-4-2-1-3-5-10/h1-6,9,12-13H,7-8H2,(H2,20,22,23)/b11-6+/t12-,13-/m1/s1. The summed E-state index contributed by atoms with van der Waals surface area (Å²) in [4.78, 5) is 12.1. The Hall–Kier alpha value is -2.51. The van der Waals surface area contributed by atoms with Gasteiger partial charge in [-0.15, -0.1) is 0 Å². The van der Waals surface area contributed by atoms with Crippen LogP contribution >= 0.6 is 11.6 Å². The lowest BCUT2D eigenvalue weighted by molar-refractivity contribution is 0.107. The summed E-state index contributed by atoms with van der Waals surface area (Å²) in [5, 5.41) is 0.176. The minimum absolute atomic E-state index is 0.0491. The minimum Gasteiger partial charge on any atom is -0.376 e. The molecule has 0 amide bonds. The number of imidazole rings is 1. The van der Waals surface area contributed by atoms with Crippen molar-refractivity contribution >= 4 is 34.9 Å². The second-order valence-corrected chi connectivity index (χ2v) is 6.19. The van der Waals surface area contributed by atoms with Gasteiger partial charge in [-0.1, -0.05) is 41.9 Å². The molecule has 1 aliphatic carbocycles. The number of fused-ring (bicyclic) bond motifs is 1. The van der Waals surface area contributed by atoms with Crippen LogP contribution in [0.15, 0.2) is 42.2 Å². The molecule has 2 heterocycles. The van der Waals surface area contributed by atoms with E-state index in [4.69, 9.17) is 22.1 Å². The molecule has 6 nitrogen and oxygen atoms in total. The number of hydrogen-bond acceptors (Lipinski definition) is 5. The number of ether oxygens (including phenoxy) is 1. The van der Waals surface area contributed by atoms with Crippen LogP contribution in [0.3, 0.4) is 0 Å². The summed E-state index contributed by atoms with van der Waals surface area (Å²) < 4.78 is 21.3. The third kappa shape index (κ3) is 3.20. The molecule has 0 unspecified atom stereocenters. The smallest absolute Gasteiger partial charge is 0.223 e. The normalized spacial score (nSPS) is 21.1. The second-order valence-electron chi connectivity index (χ2n) is 5.83. The lowest BCUT2D eigenvalue weighted by Crippen LogP contribution is -1.99. The van der Waals surface area contributed by atoms with E-state index in [0.29, 0.717) is 30.0 Å². The predicted octanol–water partition coefficient (Wildman–Crippen LogP) is 3.09. The molecule has 1 saturated carbocycles. The number of benzene rings is 1. The Kier molecular flexibility index (Phi) is 4.10. The van der Waals surface area contributed by atoms with E-state index < -0.39 is 6.17 Å². The van der Waals surface area contributed by atoms with Crippen LogP contribution in [0.25, 0.3) is 17.4 Å². The molecular weight excluding hydrogens is 345 g/mol. The van der Waals surface area contributed by atoms with E-state index in [-0.39, 0.29) is 17.0 Å². The van der Waals surface area contributed by atoms with Crippen molar-refractivity contribution in [1.82, 2.24) is 19.5 Å². The summed E-state index contributed by atoms with van der Waals surface area (Å²) in [6, 6.07) is 9.79. The Bertz CT molecular complexity index is 943. The monoisotopic (exact) mass is 359 g/mol. The first kappa shape index (κ1) is 16.0. The third-order valence-corrected chi connectivity index (χ3v) is 4.35. The Morgan fingerprint density at radius 2 is 2.08 bits per heavy atom. The van der Waals surface area contributed by atoms with E-state index in [1.807, 2.05) is 30.3 Å². The van der Waals surface area contributed by atoms with Gasteiger partial charge in [-0.25, -0.2) is 9.37 Å². The molecule has 0 radical (unpaired) electrons. The quantitative estimate of drug-likeness (QED) is 0.708. The first-order valence-corrected chi connectivity index (χ1v) is 8.14. The van der Waals surface area contributed by atoms with Gasteiger partial charge in [-0.2, -0.15) is 9.97 Å². The summed E-state index contributed by atoms with van der Waals surface area (Å²) in [5.41, 5.74) is 8.20. The molecule has 1 aromatic carbocycles. The first-order chi connectivity index (χ1) is 12.1. The molecule has 2 aromatic heterocycles. The highest BCUT2D eigenvalue weighted by Gasteiger charge is 2.45. The van der Waals surface area contributed by atoms with Crippen molar-refractivity contribution in [2.75, 3.05) is 12.3 Å². The van der Waals surface area contributed by atoms with E-state index in [2.05, 4.69) is 15.0 Å². The summed E-state index contributed by atoms with van der Waals surface area (Å²) in [6.07, 6.45) is 2.16. The average molecular weight is 360 g/mol. The molecule has 0 bridgehead atoms. The first-order valence-electron chi connectivity index (χ1n) is 7.76. The van der Waals surface area contributed by atoms with Gasteiger partial charge in [0.1, 0.15) is 18.0 Å². The van der Waals surface area contributed by atoms with Gasteiger partial charge in [0.2, 0.25) is 5.95 Å². The van der Waals surface area contributed by atoms with Crippen molar-refractivity contribution in [2.24, 2.45) is 5.92 Å². The van der Waals surface area contributed by atoms with Gasteiger partial charge in [-0.3, -0.25) is 4.57 Å². The molecule has 1 aliphatic rings. The second kappa shape index (κ2) is 6.42. The third-order valence-electron chi connectivity index (χ3n) is 4.08. The highest BCUT2D eigenvalue weighted by atomic mass is 35.5. The van der Waals surface area contributed by atoms with Crippen LogP contribution in [0.1, 0.15) is 5.56 Å². The average Bonchev–Trinajstić information content (AvgIpc) is 3.01. The zero-order valence-corrected chi connectivity index (χ0v) is 13.9. The Labute approximate surface area is 148 Å². The fourth-order valence-corrected chi connectivity index (χ4v) is 2.90. The van der Waals surface area contributed by atoms with Crippen LogP contribution in [0.4, 0.5) is 10.3 Å². The molecule has 4 rings (SSSR count). The molecule has 2 atom stereocenters. The van der Waals surface area contributed by atoms with Gasteiger partial charge in [0.15, 0.2) is 10.8 Å². The van der Waals surface area contributed by atoms with Gasteiger partial charge in [-0.05, 0) is 11.1 Å². The Balaban J connectivity index is 1.46. The molecule has 0 aliphatic heterocycles. The molecule has 128 valence electrons. The van der Waals surface area contributed by atoms with E-state index in [1.165, 1.54) is 6.33 Å². The maximum atomic E-state index is 14.1.